The molecule has 4 rings (SSSR count). The van der Waals surface area contributed by atoms with E-state index in [0.29, 0.717) is 18.6 Å². The molecule has 30 heavy (non-hydrogen) atoms. The molecule has 0 unspecified atom stereocenters. The fourth-order valence-corrected chi connectivity index (χ4v) is 5.31. The van der Waals surface area contributed by atoms with Crippen molar-refractivity contribution in [3.8, 4) is 0 Å². The number of aliphatic imine (C=N–C) groups is 1. The highest BCUT2D eigenvalue weighted by Crippen LogP contribution is 2.27. The molecule has 0 spiro atoms. The number of guanidine groups is 1. The Morgan fingerprint density at radius 1 is 0.933 bits per heavy atom. The lowest BCUT2D eigenvalue weighted by molar-refractivity contribution is 0.105. The third kappa shape index (κ3) is 5.54. The Bertz CT molecular complexity index is 690. The van der Waals surface area contributed by atoms with Crippen molar-refractivity contribution in [2.45, 2.75) is 103 Å². The SMILES string of the molecule is Cc1nnc(CN=C(NC2CCCC2)NC2CCC(N3CCC(C)CC3)CC2)n1C. The second-order valence-electron chi connectivity index (χ2n) is 9.88. The second kappa shape index (κ2) is 10.1. The molecule has 3 aliphatic rings. The summed E-state index contributed by atoms with van der Waals surface area (Å²) in [5.41, 5.74) is 0. The molecule has 0 atom stereocenters. The number of likely N-dealkylation sites (tertiary alicyclic amines) is 1. The first-order valence-electron chi connectivity index (χ1n) is 12.2. The van der Waals surface area contributed by atoms with Crippen LogP contribution in [0.25, 0.3) is 0 Å². The summed E-state index contributed by atoms with van der Waals surface area (Å²) in [7, 11) is 2.01. The zero-order chi connectivity index (χ0) is 20.9. The predicted molar refractivity (Wildman–Crippen MR) is 121 cm³/mol. The van der Waals surface area contributed by atoms with Gasteiger partial charge in [-0.25, -0.2) is 4.99 Å². The minimum atomic E-state index is 0.527. The summed E-state index contributed by atoms with van der Waals surface area (Å²) in [6, 6.07) is 1.88. The third-order valence-corrected chi connectivity index (χ3v) is 7.63. The van der Waals surface area contributed by atoms with Crippen LogP contribution in [-0.2, 0) is 13.6 Å². The number of aryl methyl sites for hydroxylation is 1. The summed E-state index contributed by atoms with van der Waals surface area (Å²) in [4.78, 5) is 7.67. The maximum atomic E-state index is 4.90. The molecule has 168 valence electrons. The lowest BCUT2D eigenvalue weighted by Gasteiger charge is -2.40. The average Bonchev–Trinajstić information content (AvgIpc) is 3.38. The van der Waals surface area contributed by atoms with E-state index in [9.17, 15) is 0 Å². The Balaban J connectivity index is 1.32. The van der Waals surface area contributed by atoms with E-state index in [1.54, 1.807) is 0 Å². The van der Waals surface area contributed by atoms with Crippen LogP contribution >= 0.6 is 0 Å². The minimum Gasteiger partial charge on any atom is -0.354 e. The van der Waals surface area contributed by atoms with Crippen LogP contribution in [0.15, 0.2) is 4.99 Å². The van der Waals surface area contributed by atoms with E-state index >= 15 is 0 Å². The Morgan fingerprint density at radius 2 is 1.57 bits per heavy atom. The highest BCUT2D eigenvalue weighted by molar-refractivity contribution is 5.80. The van der Waals surface area contributed by atoms with Gasteiger partial charge >= 0.3 is 0 Å². The van der Waals surface area contributed by atoms with E-state index < -0.39 is 0 Å². The van der Waals surface area contributed by atoms with Gasteiger partial charge in [-0.2, -0.15) is 0 Å². The molecule has 1 aliphatic heterocycles. The molecular weight excluding hydrogens is 374 g/mol. The molecule has 7 heteroatoms. The molecule has 0 amide bonds. The number of rotatable bonds is 5. The van der Waals surface area contributed by atoms with Crippen molar-refractivity contribution in [1.82, 2.24) is 30.3 Å². The Kier molecular flexibility index (Phi) is 7.28. The first kappa shape index (κ1) is 21.6. The standard InChI is InChI=1S/C23H41N7/c1-17-12-14-30(15-13-17)21-10-8-20(9-11-21)26-23(25-19-6-4-5-7-19)24-16-22-28-27-18(2)29(22)3/h17,19-21H,4-16H2,1-3H3,(H2,24,25,26). The van der Waals surface area contributed by atoms with Crippen molar-refractivity contribution in [2.75, 3.05) is 13.1 Å². The van der Waals surface area contributed by atoms with Crippen LogP contribution in [0.1, 0.15) is 82.8 Å². The minimum absolute atomic E-state index is 0.527. The number of nitrogens with zero attached hydrogens (tertiary/aromatic N) is 5. The quantitative estimate of drug-likeness (QED) is 0.571. The summed E-state index contributed by atoms with van der Waals surface area (Å²) in [6.07, 6.45) is 13.0. The van der Waals surface area contributed by atoms with Crippen molar-refractivity contribution in [1.29, 1.82) is 0 Å². The van der Waals surface area contributed by atoms with Gasteiger partial charge in [0.25, 0.3) is 0 Å². The largest absolute Gasteiger partial charge is 0.354 e. The van der Waals surface area contributed by atoms with Gasteiger partial charge in [-0.1, -0.05) is 19.8 Å². The van der Waals surface area contributed by atoms with Crippen molar-refractivity contribution >= 4 is 5.96 Å². The number of hydrogen-bond donors (Lipinski definition) is 2. The number of nitrogens with one attached hydrogen (secondary N) is 2. The smallest absolute Gasteiger partial charge is 0.192 e. The van der Waals surface area contributed by atoms with Gasteiger partial charge in [0.2, 0.25) is 0 Å². The Hall–Kier alpha value is -1.63. The van der Waals surface area contributed by atoms with Crippen LogP contribution in [0.5, 0.6) is 0 Å². The fourth-order valence-electron chi connectivity index (χ4n) is 5.31. The van der Waals surface area contributed by atoms with Gasteiger partial charge < -0.3 is 20.1 Å². The summed E-state index contributed by atoms with van der Waals surface area (Å²) in [5, 5.41) is 15.9. The summed E-state index contributed by atoms with van der Waals surface area (Å²) in [6.45, 7) is 7.56. The molecule has 2 saturated carbocycles. The van der Waals surface area contributed by atoms with E-state index in [1.807, 2.05) is 18.5 Å². The first-order valence-corrected chi connectivity index (χ1v) is 12.2. The van der Waals surface area contributed by atoms with Crippen LogP contribution in [0.2, 0.25) is 0 Å². The molecule has 7 nitrogen and oxygen atoms in total. The topological polar surface area (TPSA) is 70.4 Å². The lowest BCUT2D eigenvalue weighted by Crippen LogP contribution is -2.50. The summed E-state index contributed by atoms with van der Waals surface area (Å²) >= 11 is 0. The summed E-state index contributed by atoms with van der Waals surface area (Å²) < 4.78 is 2.03. The average molecular weight is 416 g/mol. The molecule has 0 aromatic carbocycles. The normalized spacial score (nSPS) is 27.5. The van der Waals surface area contributed by atoms with E-state index in [0.717, 1.165) is 29.6 Å². The van der Waals surface area contributed by atoms with Crippen LogP contribution < -0.4 is 10.6 Å². The fraction of sp³-hybridized carbons (Fsp3) is 0.870. The third-order valence-electron chi connectivity index (χ3n) is 7.63. The highest BCUT2D eigenvalue weighted by atomic mass is 15.3. The lowest BCUT2D eigenvalue weighted by atomic mass is 9.88. The predicted octanol–water partition coefficient (Wildman–Crippen LogP) is 3.14. The number of piperidine rings is 1. The van der Waals surface area contributed by atoms with Crippen LogP contribution in [0, 0.1) is 12.8 Å². The molecule has 2 heterocycles. The van der Waals surface area contributed by atoms with Gasteiger partial charge in [-0.3, -0.25) is 0 Å². The van der Waals surface area contributed by atoms with Gasteiger partial charge in [0.05, 0.1) is 0 Å². The number of hydrogen-bond acceptors (Lipinski definition) is 4. The molecular formula is C23H41N7. The molecule has 0 radical (unpaired) electrons. The molecule has 0 bridgehead atoms. The molecule has 1 saturated heterocycles. The zero-order valence-corrected chi connectivity index (χ0v) is 19.2. The van der Waals surface area contributed by atoms with Crippen molar-refractivity contribution in [3.05, 3.63) is 11.6 Å². The number of aromatic nitrogens is 3. The van der Waals surface area contributed by atoms with Gasteiger partial charge in [0.1, 0.15) is 12.4 Å². The molecule has 1 aromatic heterocycles. The van der Waals surface area contributed by atoms with Crippen LogP contribution in [0.4, 0.5) is 0 Å². The maximum Gasteiger partial charge on any atom is 0.192 e. The van der Waals surface area contributed by atoms with Gasteiger partial charge in [-0.15, -0.1) is 10.2 Å². The van der Waals surface area contributed by atoms with Crippen LogP contribution in [0.3, 0.4) is 0 Å². The van der Waals surface area contributed by atoms with E-state index in [-0.39, 0.29) is 0 Å². The molecule has 3 fully saturated rings. The van der Waals surface area contributed by atoms with Crippen molar-refractivity contribution < 1.29 is 0 Å². The van der Waals surface area contributed by atoms with Gasteiger partial charge in [0, 0.05) is 25.2 Å². The Morgan fingerprint density at radius 3 is 2.17 bits per heavy atom. The van der Waals surface area contributed by atoms with Gasteiger partial charge in [-0.05, 0) is 77.3 Å². The highest BCUT2D eigenvalue weighted by Gasteiger charge is 2.28. The summed E-state index contributed by atoms with van der Waals surface area (Å²) in [5.74, 6) is 3.74. The maximum absolute atomic E-state index is 4.90. The monoisotopic (exact) mass is 415 g/mol. The van der Waals surface area contributed by atoms with Gasteiger partial charge in [0.15, 0.2) is 11.8 Å². The van der Waals surface area contributed by atoms with E-state index in [1.165, 1.54) is 77.3 Å². The first-order chi connectivity index (χ1) is 14.6. The van der Waals surface area contributed by atoms with Crippen molar-refractivity contribution in [2.24, 2.45) is 18.0 Å². The molecule has 2 N–H and O–H groups in total. The zero-order valence-electron chi connectivity index (χ0n) is 19.2. The molecule has 1 aromatic rings. The molecule has 2 aliphatic carbocycles. The Labute approximate surface area is 182 Å². The second-order valence-corrected chi connectivity index (χ2v) is 9.88. The van der Waals surface area contributed by atoms with Crippen molar-refractivity contribution in [3.63, 3.8) is 0 Å². The van der Waals surface area contributed by atoms with Crippen LogP contribution in [-0.4, -0.2) is 56.8 Å². The van der Waals surface area contributed by atoms with E-state index in [2.05, 4.69) is 32.7 Å². The van der Waals surface area contributed by atoms with E-state index in [4.69, 9.17) is 4.99 Å².